The van der Waals surface area contributed by atoms with Gasteiger partial charge in [-0.1, -0.05) is 19.8 Å². The number of aliphatic carboxylic acids is 1. The average Bonchev–Trinajstić information content (AvgIpc) is 2.63. The van der Waals surface area contributed by atoms with Gasteiger partial charge < -0.3 is 29.4 Å². The minimum atomic E-state index is -0.810. The van der Waals surface area contributed by atoms with Crippen molar-refractivity contribution in [1.29, 1.82) is 0 Å². The van der Waals surface area contributed by atoms with Crippen molar-refractivity contribution in [1.82, 2.24) is 5.32 Å². The lowest BCUT2D eigenvalue weighted by atomic mass is 9.88. The van der Waals surface area contributed by atoms with Gasteiger partial charge in [-0.15, -0.1) is 0 Å². The number of unbranched alkanes of at least 4 members (excludes halogenated alkanes) is 3. The van der Waals surface area contributed by atoms with Gasteiger partial charge in [0, 0.05) is 39.7 Å². The second-order valence-corrected chi connectivity index (χ2v) is 7.43. The summed E-state index contributed by atoms with van der Waals surface area (Å²) in [4.78, 5) is 45.0. The largest absolute Gasteiger partial charge is 0.481 e. The van der Waals surface area contributed by atoms with Crippen LogP contribution in [0.5, 0.6) is 0 Å². The first-order chi connectivity index (χ1) is 14.1. The topological polar surface area (TPSA) is 137 Å². The van der Waals surface area contributed by atoms with E-state index in [0.29, 0.717) is 19.4 Å². The van der Waals surface area contributed by atoms with Crippen molar-refractivity contribution < 1.29 is 43.2 Å². The number of carboxylic acids is 1. The molecule has 1 rings (SSSR count). The molecule has 30 heavy (non-hydrogen) atoms. The smallest absolute Gasteiger partial charge is 0.303 e. The summed E-state index contributed by atoms with van der Waals surface area (Å²) in [7, 11) is 0. The quantitative estimate of drug-likeness (QED) is 0.347. The Labute approximate surface area is 176 Å². The summed E-state index contributed by atoms with van der Waals surface area (Å²) in [6.45, 7) is 5.96. The molecule has 5 atom stereocenters. The van der Waals surface area contributed by atoms with Crippen LogP contribution in [0.4, 0.5) is 0 Å². The third kappa shape index (κ3) is 9.53. The summed E-state index contributed by atoms with van der Waals surface area (Å²) in [6, 6.07) is -0.563. The number of carbonyl (C=O) groups excluding carboxylic acids is 3. The second-order valence-electron chi connectivity index (χ2n) is 7.43. The predicted octanol–water partition coefficient (Wildman–Crippen LogP) is 1.40. The zero-order valence-corrected chi connectivity index (χ0v) is 18.0. The molecule has 0 aromatic rings. The third-order valence-corrected chi connectivity index (χ3v) is 4.74. The molecule has 172 valence electrons. The number of nitrogens with one attached hydrogen (secondary N) is 1. The van der Waals surface area contributed by atoms with Crippen LogP contribution < -0.4 is 5.32 Å². The van der Waals surface area contributed by atoms with Crippen LogP contribution in [0.25, 0.3) is 0 Å². The highest BCUT2D eigenvalue weighted by Crippen LogP contribution is 2.30. The van der Waals surface area contributed by atoms with E-state index in [4.69, 9.17) is 24.1 Å². The van der Waals surface area contributed by atoms with Gasteiger partial charge in [-0.3, -0.25) is 19.2 Å². The van der Waals surface area contributed by atoms with E-state index in [0.717, 1.165) is 12.8 Å². The molecule has 0 saturated carbocycles. The van der Waals surface area contributed by atoms with Gasteiger partial charge in [-0.25, -0.2) is 0 Å². The molecule has 0 aliphatic carbocycles. The van der Waals surface area contributed by atoms with Crippen LogP contribution in [0.1, 0.15) is 59.8 Å². The lowest BCUT2D eigenvalue weighted by Gasteiger charge is -2.44. The average molecular weight is 431 g/mol. The van der Waals surface area contributed by atoms with Crippen LogP contribution in [-0.4, -0.2) is 66.7 Å². The number of hydrogen-bond acceptors (Lipinski definition) is 8. The number of carboxylic acid groups (broad SMARTS) is 1. The lowest BCUT2D eigenvalue weighted by Crippen LogP contribution is -2.62. The number of amides is 1. The lowest BCUT2D eigenvalue weighted by molar-refractivity contribution is -0.262. The van der Waals surface area contributed by atoms with Gasteiger partial charge in [0.2, 0.25) is 5.91 Å². The Morgan fingerprint density at radius 3 is 2.23 bits per heavy atom. The van der Waals surface area contributed by atoms with Gasteiger partial charge in [-0.2, -0.15) is 0 Å². The molecule has 1 heterocycles. The van der Waals surface area contributed by atoms with E-state index in [1.165, 1.54) is 20.8 Å². The van der Waals surface area contributed by atoms with Gasteiger partial charge in [0.15, 0.2) is 6.29 Å². The van der Waals surface area contributed by atoms with E-state index < -0.39 is 42.4 Å². The summed E-state index contributed by atoms with van der Waals surface area (Å²) >= 11 is 0. The molecule has 1 aliphatic rings. The number of hydrogen-bond donors (Lipinski definition) is 2. The van der Waals surface area contributed by atoms with Gasteiger partial charge in [-0.05, 0) is 12.8 Å². The Balaban J connectivity index is 2.74. The normalized spacial score (nSPS) is 25.9. The molecule has 0 spiro atoms. The molecule has 0 bridgehead atoms. The number of ether oxygens (including phenoxy) is 4. The predicted molar refractivity (Wildman–Crippen MR) is 104 cm³/mol. The summed E-state index contributed by atoms with van der Waals surface area (Å²) in [5.41, 5.74) is 0. The first-order valence-corrected chi connectivity index (χ1v) is 10.2. The molecule has 1 amide bonds. The standard InChI is InChI=1S/C20H33NO9/c1-12-18(21-13(2)22)20(27-10-8-6-5-7-9-17(25)26)30-16(11-28-14(3)23)19(12)29-15(4)24/h12,16,18-20H,5-11H2,1-4H3,(H,21,22)(H,25,26)/t12-,16?,18?,19-,20-/m1/s1. The second kappa shape index (κ2) is 13.2. The molecule has 1 saturated heterocycles. The summed E-state index contributed by atoms with van der Waals surface area (Å²) in [5.74, 6) is -2.44. The van der Waals surface area contributed by atoms with Gasteiger partial charge in [0.05, 0.1) is 6.04 Å². The molecule has 0 radical (unpaired) electrons. The Morgan fingerprint density at radius 2 is 1.67 bits per heavy atom. The van der Waals surface area contributed by atoms with Crippen LogP contribution in [0.15, 0.2) is 0 Å². The van der Waals surface area contributed by atoms with Gasteiger partial charge >= 0.3 is 17.9 Å². The van der Waals surface area contributed by atoms with Crippen LogP contribution in [-0.2, 0) is 38.1 Å². The highest BCUT2D eigenvalue weighted by Gasteiger charge is 2.46. The number of esters is 2. The van der Waals surface area contributed by atoms with Crippen molar-refractivity contribution in [2.24, 2.45) is 5.92 Å². The van der Waals surface area contributed by atoms with E-state index in [1.807, 2.05) is 0 Å². The molecule has 0 aromatic heterocycles. The van der Waals surface area contributed by atoms with E-state index in [-0.39, 0.29) is 24.9 Å². The maximum atomic E-state index is 11.7. The van der Waals surface area contributed by atoms with Gasteiger partial charge in [0.1, 0.15) is 18.8 Å². The van der Waals surface area contributed by atoms with Crippen LogP contribution in [0.2, 0.25) is 0 Å². The highest BCUT2D eigenvalue weighted by molar-refractivity contribution is 5.73. The van der Waals surface area contributed by atoms with Crippen molar-refractivity contribution >= 4 is 23.8 Å². The van der Waals surface area contributed by atoms with E-state index in [2.05, 4.69) is 5.32 Å². The van der Waals surface area contributed by atoms with Crippen molar-refractivity contribution in [2.45, 2.75) is 84.3 Å². The molecule has 1 aliphatic heterocycles. The number of rotatable bonds is 12. The molecule has 2 N–H and O–H groups in total. The van der Waals surface area contributed by atoms with Crippen molar-refractivity contribution in [3.8, 4) is 0 Å². The minimum absolute atomic E-state index is 0.112. The zero-order chi connectivity index (χ0) is 22.7. The van der Waals surface area contributed by atoms with Crippen LogP contribution in [0, 0.1) is 5.92 Å². The van der Waals surface area contributed by atoms with Crippen molar-refractivity contribution in [3.63, 3.8) is 0 Å². The Kier molecular flexibility index (Phi) is 11.3. The zero-order valence-electron chi connectivity index (χ0n) is 18.0. The summed E-state index contributed by atoms with van der Waals surface area (Å²) in [6.07, 6.45) is 0.745. The molecule has 2 unspecified atom stereocenters. The molecule has 10 heteroatoms. The molecule has 1 fully saturated rings. The monoisotopic (exact) mass is 431 g/mol. The van der Waals surface area contributed by atoms with Gasteiger partial charge in [0.25, 0.3) is 0 Å². The van der Waals surface area contributed by atoms with E-state index in [1.54, 1.807) is 6.92 Å². The SMILES string of the molecule is CC(=O)NC1[C@H](OCCCCCCC(=O)O)OC(COC(C)=O)[C@H](OC(C)=O)[C@@H]1C. The molecular formula is C20H33NO9. The highest BCUT2D eigenvalue weighted by atomic mass is 16.7. The van der Waals surface area contributed by atoms with E-state index in [9.17, 15) is 19.2 Å². The fourth-order valence-electron chi connectivity index (χ4n) is 3.34. The minimum Gasteiger partial charge on any atom is -0.481 e. The van der Waals surface area contributed by atoms with Crippen molar-refractivity contribution in [2.75, 3.05) is 13.2 Å². The first kappa shape index (κ1) is 25.8. The van der Waals surface area contributed by atoms with E-state index >= 15 is 0 Å². The van der Waals surface area contributed by atoms with Crippen molar-refractivity contribution in [3.05, 3.63) is 0 Å². The maximum Gasteiger partial charge on any atom is 0.303 e. The fourth-order valence-corrected chi connectivity index (χ4v) is 3.34. The summed E-state index contributed by atoms with van der Waals surface area (Å²) in [5, 5.41) is 11.4. The van der Waals surface area contributed by atoms with Crippen LogP contribution >= 0.6 is 0 Å². The molecule has 10 nitrogen and oxygen atoms in total. The van der Waals surface area contributed by atoms with Crippen LogP contribution in [0.3, 0.4) is 0 Å². The Hall–Kier alpha value is -2.20. The molecule has 0 aromatic carbocycles. The number of carbonyl (C=O) groups is 4. The summed E-state index contributed by atoms with van der Waals surface area (Å²) < 4.78 is 22.2. The molecular weight excluding hydrogens is 398 g/mol. The Morgan fingerprint density at radius 1 is 1.00 bits per heavy atom. The Bertz CT molecular complexity index is 593. The maximum absolute atomic E-state index is 11.7. The third-order valence-electron chi connectivity index (χ3n) is 4.74. The fraction of sp³-hybridized carbons (Fsp3) is 0.800. The first-order valence-electron chi connectivity index (χ1n) is 10.2.